The van der Waals surface area contributed by atoms with E-state index >= 15 is 0 Å². The van der Waals surface area contributed by atoms with Gasteiger partial charge in [0.2, 0.25) is 0 Å². The van der Waals surface area contributed by atoms with E-state index < -0.39 is 5.97 Å². The molecule has 32 heavy (non-hydrogen) atoms. The molecule has 1 aromatic heterocycles. The SMILES string of the molecule is CC1CCN(C(=O)COC(=O)c2cccc3cccc(-c4nc5ccccc5s4)c23)CC1. The molecule has 0 unspecified atom stereocenters. The van der Waals surface area contributed by atoms with Crippen LogP contribution in [0.2, 0.25) is 0 Å². The predicted molar refractivity (Wildman–Crippen MR) is 128 cm³/mol. The van der Waals surface area contributed by atoms with Crippen LogP contribution in [0.15, 0.2) is 60.7 Å². The number of rotatable bonds is 4. The van der Waals surface area contributed by atoms with E-state index in [1.54, 1.807) is 22.3 Å². The number of aromatic nitrogens is 1. The Kier molecular flexibility index (Phi) is 5.62. The van der Waals surface area contributed by atoms with Gasteiger partial charge in [-0.05, 0) is 42.3 Å². The molecule has 6 heteroatoms. The van der Waals surface area contributed by atoms with Gasteiger partial charge in [-0.25, -0.2) is 9.78 Å². The van der Waals surface area contributed by atoms with E-state index in [4.69, 9.17) is 9.72 Å². The van der Waals surface area contributed by atoms with Gasteiger partial charge in [-0.15, -0.1) is 11.3 Å². The zero-order valence-electron chi connectivity index (χ0n) is 17.9. The van der Waals surface area contributed by atoms with Gasteiger partial charge in [0.1, 0.15) is 5.01 Å². The van der Waals surface area contributed by atoms with E-state index in [1.165, 1.54) is 0 Å². The molecule has 1 aliphatic rings. The maximum Gasteiger partial charge on any atom is 0.339 e. The molecule has 0 atom stereocenters. The molecule has 2 heterocycles. The van der Waals surface area contributed by atoms with Gasteiger partial charge < -0.3 is 9.64 Å². The first kappa shape index (κ1) is 20.6. The summed E-state index contributed by atoms with van der Waals surface area (Å²) in [4.78, 5) is 32.2. The highest BCUT2D eigenvalue weighted by atomic mass is 32.1. The Hall–Kier alpha value is -3.25. The smallest absolute Gasteiger partial charge is 0.339 e. The van der Waals surface area contributed by atoms with E-state index in [1.807, 2.05) is 54.6 Å². The summed E-state index contributed by atoms with van der Waals surface area (Å²) in [6.45, 7) is 3.43. The molecule has 0 bridgehead atoms. The van der Waals surface area contributed by atoms with Crippen molar-refractivity contribution in [1.29, 1.82) is 0 Å². The molecule has 1 aliphatic heterocycles. The number of benzene rings is 3. The number of carbonyl (C=O) groups excluding carboxylic acids is 2. The lowest BCUT2D eigenvalue weighted by atomic mass is 9.99. The average molecular weight is 445 g/mol. The molecular weight excluding hydrogens is 420 g/mol. The Morgan fingerprint density at radius 2 is 1.78 bits per heavy atom. The highest BCUT2D eigenvalue weighted by Crippen LogP contribution is 2.36. The van der Waals surface area contributed by atoms with Crippen molar-refractivity contribution in [2.75, 3.05) is 19.7 Å². The van der Waals surface area contributed by atoms with Crippen molar-refractivity contribution in [2.45, 2.75) is 19.8 Å². The quantitative estimate of drug-likeness (QED) is 0.388. The van der Waals surface area contributed by atoms with Crippen LogP contribution in [-0.4, -0.2) is 41.5 Å². The van der Waals surface area contributed by atoms with Crippen LogP contribution in [0.5, 0.6) is 0 Å². The summed E-state index contributed by atoms with van der Waals surface area (Å²) >= 11 is 1.60. The number of hydrogen-bond donors (Lipinski definition) is 0. The second-order valence-electron chi connectivity index (χ2n) is 8.34. The average Bonchev–Trinajstić information content (AvgIpc) is 3.26. The van der Waals surface area contributed by atoms with Gasteiger partial charge in [0.25, 0.3) is 5.91 Å². The van der Waals surface area contributed by atoms with E-state index in [2.05, 4.69) is 6.92 Å². The largest absolute Gasteiger partial charge is 0.452 e. The van der Waals surface area contributed by atoms with E-state index in [0.717, 1.165) is 57.5 Å². The number of amides is 1. The first-order chi connectivity index (χ1) is 15.6. The summed E-state index contributed by atoms with van der Waals surface area (Å²) in [5.41, 5.74) is 2.29. The Bertz CT molecular complexity index is 1270. The molecule has 0 aliphatic carbocycles. The number of fused-ring (bicyclic) bond motifs is 2. The molecule has 1 amide bonds. The minimum atomic E-state index is -0.483. The van der Waals surface area contributed by atoms with Crippen molar-refractivity contribution in [3.8, 4) is 10.6 Å². The van der Waals surface area contributed by atoms with Crippen LogP contribution in [0.4, 0.5) is 0 Å². The number of likely N-dealkylation sites (tertiary alicyclic amines) is 1. The van der Waals surface area contributed by atoms with Gasteiger partial charge in [0.15, 0.2) is 6.61 Å². The van der Waals surface area contributed by atoms with Gasteiger partial charge in [0.05, 0.1) is 15.8 Å². The standard InChI is InChI=1S/C26H24N2O3S/c1-17-12-14-28(15-13-17)23(29)16-31-26(30)20-9-5-7-18-6-4-8-19(24(18)20)25-27-21-10-2-3-11-22(21)32-25/h2-11,17H,12-16H2,1H3. The number of ether oxygens (including phenoxy) is 1. The molecule has 0 spiro atoms. The topological polar surface area (TPSA) is 59.5 Å². The van der Waals surface area contributed by atoms with E-state index in [-0.39, 0.29) is 12.5 Å². The van der Waals surface area contributed by atoms with Crippen LogP contribution >= 0.6 is 11.3 Å². The molecule has 0 saturated carbocycles. The fourth-order valence-corrected chi connectivity index (χ4v) is 5.23. The summed E-state index contributed by atoms with van der Waals surface area (Å²) in [6, 6.07) is 19.5. The fraction of sp³-hybridized carbons (Fsp3) is 0.269. The van der Waals surface area contributed by atoms with Crippen molar-refractivity contribution in [2.24, 2.45) is 5.92 Å². The number of carbonyl (C=O) groups is 2. The third-order valence-electron chi connectivity index (χ3n) is 6.11. The van der Waals surface area contributed by atoms with Crippen molar-refractivity contribution >= 4 is 44.2 Å². The molecule has 5 nitrogen and oxygen atoms in total. The second kappa shape index (κ2) is 8.71. The first-order valence-electron chi connectivity index (χ1n) is 10.9. The van der Waals surface area contributed by atoms with Crippen molar-refractivity contribution < 1.29 is 14.3 Å². The summed E-state index contributed by atoms with van der Waals surface area (Å²) in [6.07, 6.45) is 1.99. The highest BCUT2D eigenvalue weighted by molar-refractivity contribution is 7.21. The molecule has 162 valence electrons. The lowest BCUT2D eigenvalue weighted by Crippen LogP contribution is -2.40. The van der Waals surface area contributed by atoms with Crippen LogP contribution in [-0.2, 0) is 9.53 Å². The summed E-state index contributed by atoms with van der Waals surface area (Å²) in [7, 11) is 0. The molecule has 0 N–H and O–H groups in total. The Labute approximate surface area is 190 Å². The summed E-state index contributed by atoms with van der Waals surface area (Å²) in [5.74, 6) is 0.0259. The number of esters is 1. The Morgan fingerprint density at radius 1 is 1.03 bits per heavy atom. The summed E-state index contributed by atoms with van der Waals surface area (Å²) in [5, 5.41) is 2.60. The van der Waals surface area contributed by atoms with Gasteiger partial charge in [-0.2, -0.15) is 0 Å². The third-order valence-corrected chi connectivity index (χ3v) is 7.18. The van der Waals surface area contributed by atoms with Crippen LogP contribution in [0.3, 0.4) is 0 Å². The van der Waals surface area contributed by atoms with Gasteiger partial charge in [-0.1, -0.05) is 49.4 Å². The fourth-order valence-electron chi connectivity index (χ4n) is 4.23. The first-order valence-corrected chi connectivity index (χ1v) is 11.7. The third kappa shape index (κ3) is 3.98. The van der Waals surface area contributed by atoms with Crippen molar-refractivity contribution in [1.82, 2.24) is 9.88 Å². The minimum absolute atomic E-state index is 0.128. The number of nitrogens with zero attached hydrogens (tertiary/aromatic N) is 2. The number of thiazole rings is 1. The Morgan fingerprint density at radius 3 is 2.56 bits per heavy atom. The predicted octanol–water partition coefficient (Wildman–Crippen LogP) is 5.53. The highest BCUT2D eigenvalue weighted by Gasteiger charge is 2.23. The molecule has 1 fully saturated rings. The van der Waals surface area contributed by atoms with E-state index in [9.17, 15) is 9.59 Å². The van der Waals surface area contributed by atoms with Crippen LogP contribution < -0.4 is 0 Å². The molecule has 5 rings (SSSR count). The van der Waals surface area contributed by atoms with Crippen molar-refractivity contribution in [3.05, 3.63) is 66.2 Å². The van der Waals surface area contributed by atoms with Crippen LogP contribution in [0.25, 0.3) is 31.6 Å². The maximum absolute atomic E-state index is 13.0. The van der Waals surface area contributed by atoms with Crippen LogP contribution in [0, 0.1) is 5.92 Å². The molecule has 0 radical (unpaired) electrons. The van der Waals surface area contributed by atoms with Gasteiger partial charge in [0, 0.05) is 24.0 Å². The van der Waals surface area contributed by atoms with Gasteiger partial charge in [-0.3, -0.25) is 4.79 Å². The zero-order valence-corrected chi connectivity index (χ0v) is 18.7. The molecule has 3 aromatic carbocycles. The second-order valence-corrected chi connectivity index (χ2v) is 9.37. The zero-order chi connectivity index (χ0) is 22.1. The van der Waals surface area contributed by atoms with Crippen LogP contribution in [0.1, 0.15) is 30.1 Å². The molecule has 1 saturated heterocycles. The minimum Gasteiger partial charge on any atom is -0.452 e. The number of piperidine rings is 1. The summed E-state index contributed by atoms with van der Waals surface area (Å²) < 4.78 is 6.58. The maximum atomic E-state index is 13.0. The normalized spacial score (nSPS) is 14.7. The number of hydrogen-bond acceptors (Lipinski definition) is 5. The Balaban J connectivity index is 1.44. The number of para-hydroxylation sites is 1. The molecular formula is C26H24N2O3S. The molecule has 4 aromatic rings. The van der Waals surface area contributed by atoms with Gasteiger partial charge >= 0.3 is 5.97 Å². The van der Waals surface area contributed by atoms with E-state index in [0.29, 0.717) is 11.5 Å². The monoisotopic (exact) mass is 444 g/mol. The van der Waals surface area contributed by atoms with Crippen molar-refractivity contribution in [3.63, 3.8) is 0 Å². The lowest BCUT2D eigenvalue weighted by Gasteiger charge is -2.30. The lowest BCUT2D eigenvalue weighted by molar-refractivity contribution is -0.135.